The van der Waals surface area contributed by atoms with Gasteiger partial charge in [0.15, 0.2) is 0 Å². The van der Waals surface area contributed by atoms with Crippen LogP contribution in [-0.2, 0) is 9.53 Å². The van der Waals surface area contributed by atoms with E-state index in [-0.39, 0.29) is 12.0 Å². The Morgan fingerprint density at radius 1 is 1.18 bits per heavy atom. The van der Waals surface area contributed by atoms with E-state index in [4.69, 9.17) is 4.74 Å². The summed E-state index contributed by atoms with van der Waals surface area (Å²) in [4.78, 5) is 16.7. The van der Waals surface area contributed by atoms with E-state index in [1.807, 2.05) is 23.1 Å². The van der Waals surface area contributed by atoms with Gasteiger partial charge < -0.3 is 9.64 Å². The van der Waals surface area contributed by atoms with Gasteiger partial charge in [0.05, 0.1) is 19.3 Å². The van der Waals surface area contributed by atoms with Crippen LogP contribution >= 0.6 is 0 Å². The van der Waals surface area contributed by atoms with Crippen molar-refractivity contribution in [3.8, 4) is 0 Å². The van der Waals surface area contributed by atoms with Gasteiger partial charge in [-0.2, -0.15) is 0 Å². The smallest absolute Gasteiger partial charge is 0.236 e. The Morgan fingerprint density at radius 2 is 1.91 bits per heavy atom. The standard InChI is InChI=1S/C18H26N2O2/c1-15-7-9-20(10-8-15)18(21)14-19-11-12-22-17(13-19)16-5-3-2-4-6-16/h2-6,15,17H,7-14H2,1H3. The van der Waals surface area contributed by atoms with Crippen LogP contribution in [-0.4, -0.2) is 55.0 Å². The molecule has 1 atom stereocenters. The predicted octanol–water partition coefficient (Wildman–Crippen LogP) is 2.32. The average molecular weight is 302 g/mol. The van der Waals surface area contributed by atoms with Crippen LogP contribution in [0.4, 0.5) is 0 Å². The molecule has 1 aromatic carbocycles. The van der Waals surface area contributed by atoms with Crippen molar-refractivity contribution in [1.82, 2.24) is 9.80 Å². The molecule has 0 saturated carbocycles. The van der Waals surface area contributed by atoms with E-state index in [1.54, 1.807) is 0 Å². The van der Waals surface area contributed by atoms with Crippen molar-refractivity contribution in [3.63, 3.8) is 0 Å². The highest BCUT2D eigenvalue weighted by molar-refractivity contribution is 5.78. The number of amides is 1. The topological polar surface area (TPSA) is 32.8 Å². The number of ether oxygens (including phenoxy) is 1. The molecule has 22 heavy (non-hydrogen) atoms. The van der Waals surface area contributed by atoms with E-state index in [0.29, 0.717) is 13.2 Å². The number of hydrogen-bond acceptors (Lipinski definition) is 3. The minimum absolute atomic E-state index is 0.0872. The highest BCUT2D eigenvalue weighted by Crippen LogP contribution is 2.22. The Hall–Kier alpha value is -1.39. The van der Waals surface area contributed by atoms with Crippen LogP contribution in [0, 0.1) is 5.92 Å². The van der Waals surface area contributed by atoms with Gasteiger partial charge in [-0.05, 0) is 24.3 Å². The number of carbonyl (C=O) groups is 1. The third kappa shape index (κ3) is 3.87. The van der Waals surface area contributed by atoms with Crippen molar-refractivity contribution in [2.45, 2.75) is 25.9 Å². The van der Waals surface area contributed by atoms with Gasteiger partial charge in [0, 0.05) is 26.2 Å². The summed E-state index contributed by atoms with van der Waals surface area (Å²) in [6.45, 7) is 7.00. The highest BCUT2D eigenvalue weighted by Gasteiger charge is 2.26. The molecule has 4 heteroatoms. The van der Waals surface area contributed by atoms with Gasteiger partial charge in [-0.25, -0.2) is 0 Å². The van der Waals surface area contributed by atoms with E-state index < -0.39 is 0 Å². The van der Waals surface area contributed by atoms with E-state index in [1.165, 1.54) is 5.56 Å². The Labute approximate surface area is 133 Å². The van der Waals surface area contributed by atoms with Crippen LogP contribution in [0.3, 0.4) is 0 Å². The molecule has 120 valence electrons. The van der Waals surface area contributed by atoms with Gasteiger partial charge in [-0.3, -0.25) is 9.69 Å². The Balaban J connectivity index is 1.53. The molecule has 0 aliphatic carbocycles. The highest BCUT2D eigenvalue weighted by atomic mass is 16.5. The summed E-state index contributed by atoms with van der Waals surface area (Å²) in [5, 5.41) is 0. The zero-order chi connectivity index (χ0) is 15.4. The average Bonchev–Trinajstić information content (AvgIpc) is 2.56. The zero-order valence-electron chi connectivity index (χ0n) is 13.4. The second kappa shape index (κ2) is 7.25. The lowest BCUT2D eigenvalue weighted by Crippen LogP contribution is -2.47. The molecule has 2 heterocycles. The van der Waals surface area contributed by atoms with Crippen LogP contribution in [0.1, 0.15) is 31.4 Å². The molecule has 0 spiro atoms. The molecule has 2 fully saturated rings. The Kier molecular flexibility index (Phi) is 5.11. The summed E-state index contributed by atoms with van der Waals surface area (Å²) < 4.78 is 5.87. The lowest BCUT2D eigenvalue weighted by atomic mass is 9.99. The largest absolute Gasteiger partial charge is 0.371 e. The van der Waals surface area contributed by atoms with Crippen LogP contribution in [0.5, 0.6) is 0 Å². The molecule has 1 unspecified atom stereocenters. The number of rotatable bonds is 3. The fraction of sp³-hybridized carbons (Fsp3) is 0.611. The number of piperidine rings is 1. The minimum atomic E-state index is 0.0872. The molecular formula is C18H26N2O2. The van der Waals surface area contributed by atoms with E-state index in [0.717, 1.165) is 44.9 Å². The molecule has 0 aromatic heterocycles. The van der Waals surface area contributed by atoms with Gasteiger partial charge >= 0.3 is 0 Å². The van der Waals surface area contributed by atoms with Crippen LogP contribution in [0.2, 0.25) is 0 Å². The second-order valence-electron chi connectivity index (χ2n) is 6.57. The lowest BCUT2D eigenvalue weighted by molar-refractivity contribution is -0.135. The number of carbonyl (C=O) groups excluding carboxylic acids is 1. The fourth-order valence-corrected chi connectivity index (χ4v) is 3.26. The maximum Gasteiger partial charge on any atom is 0.236 e. The number of morpholine rings is 1. The summed E-state index contributed by atoms with van der Waals surface area (Å²) in [5.74, 6) is 1.04. The quantitative estimate of drug-likeness (QED) is 0.859. The minimum Gasteiger partial charge on any atom is -0.371 e. The lowest BCUT2D eigenvalue weighted by Gasteiger charge is -2.35. The van der Waals surface area contributed by atoms with E-state index in [9.17, 15) is 4.79 Å². The van der Waals surface area contributed by atoms with Gasteiger partial charge in [-0.1, -0.05) is 37.3 Å². The second-order valence-corrected chi connectivity index (χ2v) is 6.57. The van der Waals surface area contributed by atoms with Crippen molar-refractivity contribution in [2.24, 2.45) is 5.92 Å². The molecular weight excluding hydrogens is 276 g/mol. The van der Waals surface area contributed by atoms with Gasteiger partial charge in [0.25, 0.3) is 0 Å². The summed E-state index contributed by atoms with van der Waals surface area (Å²) >= 11 is 0. The summed E-state index contributed by atoms with van der Waals surface area (Å²) in [7, 11) is 0. The van der Waals surface area contributed by atoms with Crippen molar-refractivity contribution in [2.75, 3.05) is 39.3 Å². The van der Waals surface area contributed by atoms with Crippen LogP contribution < -0.4 is 0 Å². The van der Waals surface area contributed by atoms with Gasteiger partial charge in [-0.15, -0.1) is 0 Å². The fourth-order valence-electron chi connectivity index (χ4n) is 3.26. The first-order valence-electron chi connectivity index (χ1n) is 8.39. The number of likely N-dealkylation sites (tertiary alicyclic amines) is 1. The first-order valence-corrected chi connectivity index (χ1v) is 8.39. The molecule has 3 rings (SSSR count). The summed E-state index contributed by atoms with van der Waals surface area (Å²) in [6, 6.07) is 10.3. The number of nitrogens with zero attached hydrogens (tertiary/aromatic N) is 2. The Bertz CT molecular complexity index is 483. The monoisotopic (exact) mass is 302 g/mol. The molecule has 4 nitrogen and oxygen atoms in total. The van der Waals surface area contributed by atoms with Crippen molar-refractivity contribution >= 4 is 5.91 Å². The van der Waals surface area contributed by atoms with E-state index in [2.05, 4.69) is 24.0 Å². The summed E-state index contributed by atoms with van der Waals surface area (Å²) in [5.41, 5.74) is 1.20. The van der Waals surface area contributed by atoms with Crippen molar-refractivity contribution in [1.29, 1.82) is 0 Å². The molecule has 2 aliphatic heterocycles. The predicted molar refractivity (Wildman–Crippen MR) is 86.6 cm³/mol. The first-order chi connectivity index (χ1) is 10.7. The molecule has 0 radical (unpaired) electrons. The number of benzene rings is 1. The Morgan fingerprint density at radius 3 is 2.64 bits per heavy atom. The van der Waals surface area contributed by atoms with E-state index >= 15 is 0 Å². The maximum atomic E-state index is 12.5. The maximum absolute atomic E-state index is 12.5. The van der Waals surface area contributed by atoms with Crippen molar-refractivity contribution < 1.29 is 9.53 Å². The van der Waals surface area contributed by atoms with Gasteiger partial charge in [0.1, 0.15) is 0 Å². The van der Waals surface area contributed by atoms with Gasteiger partial charge in [0.2, 0.25) is 5.91 Å². The summed E-state index contributed by atoms with van der Waals surface area (Å²) in [6.07, 6.45) is 2.37. The van der Waals surface area contributed by atoms with Crippen LogP contribution in [0.25, 0.3) is 0 Å². The molecule has 0 bridgehead atoms. The SMILES string of the molecule is CC1CCN(C(=O)CN2CCOC(c3ccccc3)C2)CC1. The zero-order valence-corrected chi connectivity index (χ0v) is 13.4. The van der Waals surface area contributed by atoms with Crippen LogP contribution in [0.15, 0.2) is 30.3 Å². The van der Waals surface area contributed by atoms with Crippen molar-refractivity contribution in [3.05, 3.63) is 35.9 Å². The molecule has 1 amide bonds. The molecule has 0 N–H and O–H groups in total. The molecule has 2 saturated heterocycles. The normalized spacial score (nSPS) is 24.4. The molecule has 1 aromatic rings. The third-order valence-electron chi connectivity index (χ3n) is 4.82. The first kappa shape index (κ1) is 15.5. The molecule has 2 aliphatic rings. The number of hydrogen-bond donors (Lipinski definition) is 0. The third-order valence-corrected chi connectivity index (χ3v) is 4.82.